The first-order valence-electron chi connectivity index (χ1n) is 11.1. The molecule has 4 aromatic heterocycles. The van der Waals surface area contributed by atoms with Crippen molar-refractivity contribution in [1.82, 2.24) is 19.5 Å². The monoisotopic (exact) mass is 514 g/mol. The molecule has 7 nitrogen and oxygen atoms in total. The number of nitrogens with zero attached hydrogens (tertiary/aromatic N) is 3. The van der Waals surface area contributed by atoms with Crippen LogP contribution in [0.4, 0.5) is 8.78 Å². The summed E-state index contributed by atoms with van der Waals surface area (Å²) in [7, 11) is 0. The molecule has 6 rings (SSSR count). The van der Waals surface area contributed by atoms with Gasteiger partial charge in [-0.05, 0) is 60.2 Å². The van der Waals surface area contributed by atoms with E-state index < -0.39 is 23.0 Å². The first-order valence-corrected chi connectivity index (χ1v) is 12.0. The Labute approximate surface area is 211 Å². The Morgan fingerprint density at radius 2 is 1.84 bits per heavy atom. The van der Waals surface area contributed by atoms with Gasteiger partial charge in [0.2, 0.25) is 0 Å². The number of pyridine rings is 2. The number of hydrogen-bond donors (Lipinski definition) is 1. The zero-order valence-electron chi connectivity index (χ0n) is 18.9. The SMILES string of the molecule is O=C(Cc1ccc(Oc2ccnc3[nH]ccc23)c(F)c1)c1cc2ncsc2n(-c2ccc(F)cc2)c1=O. The van der Waals surface area contributed by atoms with E-state index in [9.17, 15) is 18.4 Å². The second-order valence-electron chi connectivity index (χ2n) is 8.23. The average Bonchev–Trinajstić information content (AvgIpc) is 3.56. The van der Waals surface area contributed by atoms with E-state index in [1.807, 2.05) is 0 Å². The fourth-order valence-corrected chi connectivity index (χ4v) is 4.90. The van der Waals surface area contributed by atoms with Gasteiger partial charge >= 0.3 is 0 Å². The number of aromatic amines is 1. The smallest absolute Gasteiger partial charge is 0.267 e. The maximum absolute atomic E-state index is 14.9. The molecule has 0 bridgehead atoms. The molecule has 4 heterocycles. The molecule has 0 unspecified atom stereocenters. The number of carbonyl (C=O) groups is 1. The van der Waals surface area contributed by atoms with Gasteiger partial charge < -0.3 is 9.72 Å². The van der Waals surface area contributed by atoms with Crippen LogP contribution in [0.3, 0.4) is 0 Å². The number of aromatic nitrogens is 4. The lowest BCUT2D eigenvalue weighted by molar-refractivity contribution is 0.0991. The summed E-state index contributed by atoms with van der Waals surface area (Å²) in [5, 5.41) is 0.705. The van der Waals surface area contributed by atoms with Gasteiger partial charge in [0, 0.05) is 18.8 Å². The molecular weight excluding hydrogens is 498 g/mol. The fraction of sp³-hybridized carbons (Fsp3) is 0.0370. The molecule has 10 heteroatoms. The highest BCUT2D eigenvalue weighted by Gasteiger charge is 2.19. The van der Waals surface area contributed by atoms with Crippen molar-refractivity contribution in [3.8, 4) is 17.2 Å². The van der Waals surface area contributed by atoms with E-state index >= 15 is 0 Å². The van der Waals surface area contributed by atoms with Crippen LogP contribution < -0.4 is 10.3 Å². The van der Waals surface area contributed by atoms with Crippen LogP contribution in [0, 0.1) is 11.6 Å². The van der Waals surface area contributed by atoms with Crippen LogP contribution in [0.15, 0.2) is 83.4 Å². The number of ether oxygens (including phenoxy) is 1. The summed E-state index contributed by atoms with van der Waals surface area (Å²) >= 11 is 1.23. The maximum Gasteiger partial charge on any atom is 0.267 e. The molecule has 0 atom stereocenters. The summed E-state index contributed by atoms with van der Waals surface area (Å²) in [4.78, 5) is 38.4. The third-order valence-electron chi connectivity index (χ3n) is 5.88. The standard InChI is InChI=1S/C27H16F2N4O3S/c28-16-2-4-17(5-3-16)33-26(35)19(13-21-27(33)37-14-32-21)22(34)12-15-1-6-24(20(29)11-15)36-23-8-10-31-25-18(23)7-9-30-25/h1-11,13-14H,12H2,(H,30,31). The maximum atomic E-state index is 14.9. The molecule has 0 fully saturated rings. The van der Waals surface area contributed by atoms with E-state index in [2.05, 4.69) is 15.0 Å². The number of halogens is 2. The number of carbonyl (C=O) groups excluding carboxylic acids is 1. The van der Waals surface area contributed by atoms with Crippen LogP contribution in [0.5, 0.6) is 11.5 Å². The Balaban J connectivity index is 1.30. The van der Waals surface area contributed by atoms with Crippen LogP contribution in [-0.4, -0.2) is 25.3 Å². The second kappa shape index (κ2) is 9.07. The average molecular weight is 515 g/mol. The summed E-state index contributed by atoms with van der Waals surface area (Å²) in [5.74, 6) is -1.16. The van der Waals surface area contributed by atoms with Crippen molar-refractivity contribution in [3.05, 3.63) is 112 Å². The molecule has 1 N–H and O–H groups in total. The number of nitrogens with one attached hydrogen (secondary N) is 1. The van der Waals surface area contributed by atoms with Crippen molar-refractivity contribution in [2.75, 3.05) is 0 Å². The minimum Gasteiger partial charge on any atom is -0.453 e. The zero-order chi connectivity index (χ0) is 25.5. The van der Waals surface area contributed by atoms with E-state index in [4.69, 9.17) is 4.74 Å². The van der Waals surface area contributed by atoms with Crippen molar-refractivity contribution in [3.63, 3.8) is 0 Å². The van der Waals surface area contributed by atoms with Crippen molar-refractivity contribution in [2.24, 2.45) is 0 Å². The minimum absolute atomic E-state index is 0.00698. The summed E-state index contributed by atoms with van der Waals surface area (Å²) in [5.41, 5.74) is 2.79. The zero-order valence-corrected chi connectivity index (χ0v) is 19.8. The first kappa shape index (κ1) is 22.7. The highest BCUT2D eigenvalue weighted by atomic mass is 32.1. The first-order chi connectivity index (χ1) is 18.0. The van der Waals surface area contributed by atoms with E-state index in [1.165, 1.54) is 58.4 Å². The van der Waals surface area contributed by atoms with E-state index in [0.29, 0.717) is 38.4 Å². The predicted octanol–water partition coefficient (Wildman–Crippen LogP) is 5.82. The molecular formula is C27H16F2N4O3S. The number of ketones is 1. The number of rotatable bonds is 6. The van der Waals surface area contributed by atoms with Crippen molar-refractivity contribution < 1.29 is 18.3 Å². The summed E-state index contributed by atoms with van der Waals surface area (Å²) < 4.78 is 35.5. The van der Waals surface area contributed by atoms with Gasteiger partial charge in [0.1, 0.15) is 22.0 Å². The summed E-state index contributed by atoms with van der Waals surface area (Å²) in [6, 6.07) is 14.5. The molecule has 6 aromatic rings. The van der Waals surface area contributed by atoms with Crippen LogP contribution in [0.25, 0.3) is 27.1 Å². The highest BCUT2D eigenvalue weighted by Crippen LogP contribution is 2.30. The van der Waals surface area contributed by atoms with Crippen molar-refractivity contribution >= 4 is 38.5 Å². The number of fused-ring (bicyclic) bond motifs is 2. The van der Waals surface area contributed by atoms with E-state index in [1.54, 1.807) is 36.1 Å². The molecule has 0 aliphatic heterocycles. The molecule has 0 amide bonds. The van der Waals surface area contributed by atoms with Crippen molar-refractivity contribution in [1.29, 1.82) is 0 Å². The number of H-pyrrole nitrogens is 1. The summed E-state index contributed by atoms with van der Waals surface area (Å²) in [6.45, 7) is 0. The van der Waals surface area contributed by atoms with Crippen LogP contribution in [-0.2, 0) is 6.42 Å². The third kappa shape index (κ3) is 4.17. The molecule has 2 aromatic carbocycles. The second-order valence-corrected chi connectivity index (χ2v) is 9.07. The van der Waals surface area contributed by atoms with Gasteiger partial charge in [0.15, 0.2) is 17.3 Å². The molecule has 0 radical (unpaired) electrons. The van der Waals surface area contributed by atoms with Gasteiger partial charge in [0.05, 0.1) is 27.7 Å². The van der Waals surface area contributed by atoms with Crippen LogP contribution in [0.2, 0.25) is 0 Å². The Hall–Kier alpha value is -4.70. The Morgan fingerprint density at radius 3 is 2.65 bits per heavy atom. The fourth-order valence-electron chi connectivity index (χ4n) is 4.11. The lowest BCUT2D eigenvalue weighted by Crippen LogP contribution is -2.26. The number of thiazole rings is 1. The topological polar surface area (TPSA) is 89.9 Å². The van der Waals surface area contributed by atoms with E-state index in [-0.39, 0.29) is 17.7 Å². The van der Waals surface area contributed by atoms with Gasteiger partial charge in [-0.1, -0.05) is 6.07 Å². The lowest BCUT2D eigenvalue weighted by atomic mass is 10.0. The number of hydrogen-bond acceptors (Lipinski definition) is 6. The quantitative estimate of drug-likeness (QED) is 0.283. The Bertz CT molecular complexity index is 1860. The molecule has 182 valence electrons. The third-order valence-corrected chi connectivity index (χ3v) is 6.70. The van der Waals surface area contributed by atoms with Crippen molar-refractivity contribution in [2.45, 2.75) is 6.42 Å². The molecule has 0 saturated heterocycles. The Kier molecular flexibility index (Phi) is 5.57. The largest absolute Gasteiger partial charge is 0.453 e. The van der Waals surface area contributed by atoms with Crippen LogP contribution in [0.1, 0.15) is 15.9 Å². The van der Waals surface area contributed by atoms with Crippen LogP contribution >= 0.6 is 11.3 Å². The van der Waals surface area contributed by atoms with Gasteiger partial charge in [-0.15, -0.1) is 11.3 Å². The molecule has 0 spiro atoms. The lowest BCUT2D eigenvalue weighted by Gasteiger charge is -2.11. The minimum atomic E-state index is -0.649. The number of Topliss-reactive ketones (excluding diaryl/α,β-unsaturated/α-hetero) is 1. The molecule has 0 saturated carbocycles. The molecule has 0 aliphatic carbocycles. The normalized spacial score (nSPS) is 11.3. The highest BCUT2D eigenvalue weighted by molar-refractivity contribution is 7.16. The summed E-state index contributed by atoms with van der Waals surface area (Å²) in [6.07, 6.45) is 3.06. The molecule has 37 heavy (non-hydrogen) atoms. The van der Waals surface area contributed by atoms with Gasteiger partial charge in [-0.3, -0.25) is 14.2 Å². The van der Waals surface area contributed by atoms with E-state index in [0.717, 1.165) is 0 Å². The number of benzene rings is 2. The Morgan fingerprint density at radius 1 is 1.00 bits per heavy atom. The van der Waals surface area contributed by atoms with Gasteiger partial charge in [0.25, 0.3) is 5.56 Å². The van der Waals surface area contributed by atoms with Gasteiger partial charge in [-0.25, -0.2) is 18.7 Å². The predicted molar refractivity (Wildman–Crippen MR) is 136 cm³/mol. The van der Waals surface area contributed by atoms with Gasteiger partial charge in [-0.2, -0.15) is 0 Å². The molecule has 0 aliphatic rings.